The zero-order chi connectivity index (χ0) is 15.5. The number of piperidine rings is 1. The van der Waals surface area contributed by atoms with Crippen molar-refractivity contribution in [2.45, 2.75) is 31.1 Å². The summed E-state index contributed by atoms with van der Waals surface area (Å²) in [6.07, 6.45) is 3.24. The van der Waals surface area contributed by atoms with Crippen LogP contribution in [-0.2, 0) is 10.0 Å². The minimum Gasteiger partial charge on any atom is -0.306 e. The van der Waals surface area contributed by atoms with Gasteiger partial charge in [0.15, 0.2) is 0 Å². The second-order valence-electron chi connectivity index (χ2n) is 5.84. The lowest BCUT2D eigenvalue weighted by atomic mass is 9.94. The predicted molar refractivity (Wildman–Crippen MR) is 88.9 cm³/mol. The lowest BCUT2D eigenvalue weighted by Crippen LogP contribution is -2.32. The topological polar surface area (TPSA) is 49.4 Å². The first-order valence-corrected chi connectivity index (χ1v) is 9.60. The van der Waals surface area contributed by atoms with Crippen LogP contribution in [0.5, 0.6) is 0 Å². The molecule has 0 spiro atoms. The molecule has 0 amide bonds. The summed E-state index contributed by atoms with van der Waals surface area (Å²) >= 11 is 3.33. The Kier molecular flexibility index (Phi) is 5.82. The molecule has 118 valence electrons. The largest absolute Gasteiger partial charge is 0.306 e. The Morgan fingerprint density at radius 3 is 2.67 bits per heavy atom. The van der Waals surface area contributed by atoms with E-state index in [2.05, 4.69) is 32.6 Å². The molecule has 0 aromatic heterocycles. The van der Waals surface area contributed by atoms with Gasteiger partial charge in [0.2, 0.25) is 10.0 Å². The molecule has 1 heterocycles. The van der Waals surface area contributed by atoms with E-state index in [-0.39, 0.29) is 0 Å². The molecule has 2 rings (SSSR count). The fourth-order valence-corrected chi connectivity index (χ4v) is 4.52. The van der Waals surface area contributed by atoms with Crippen LogP contribution < -0.4 is 4.72 Å². The highest BCUT2D eigenvalue weighted by Gasteiger charge is 2.19. The van der Waals surface area contributed by atoms with Gasteiger partial charge in [0.25, 0.3) is 0 Å². The number of nitrogens with zero attached hydrogens (tertiary/aromatic N) is 1. The van der Waals surface area contributed by atoms with Crippen LogP contribution in [0.2, 0.25) is 0 Å². The third-order valence-electron chi connectivity index (χ3n) is 4.12. The van der Waals surface area contributed by atoms with E-state index in [4.69, 9.17) is 0 Å². The number of nitrogens with one attached hydrogen (secondary N) is 1. The van der Waals surface area contributed by atoms with E-state index in [9.17, 15) is 8.42 Å². The van der Waals surface area contributed by atoms with E-state index in [1.807, 2.05) is 19.1 Å². The molecule has 0 atom stereocenters. The molecule has 1 N–H and O–H groups in total. The Bertz CT molecular complexity index is 581. The number of benzene rings is 1. The highest BCUT2D eigenvalue weighted by atomic mass is 79.9. The number of hydrogen-bond donors (Lipinski definition) is 1. The van der Waals surface area contributed by atoms with Crippen molar-refractivity contribution in [1.29, 1.82) is 0 Å². The fourth-order valence-electron chi connectivity index (χ4n) is 2.69. The average Bonchev–Trinajstić information content (AvgIpc) is 2.43. The van der Waals surface area contributed by atoms with E-state index < -0.39 is 10.0 Å². The molecule has 0 aliphatic carbocycles. The number of likely N-dealkylation sites (tertiary alicyclic amines) is 1. The molecule has 0 unspecified atom stereocenters. The van der Waals surface area contributed by atoms with Gasteiger partial charge in [-0.1, -0.05) is 22.0 Å². The molecule has 1 aliphatic heterocycles. The summed E-state index contributed by atoms with van der Waals surface area (Å²) in [5.41, 5.74) is 0.769. The van der Waals surface area contributed by atoms with Crippen molar-refractivity contribution in [3.8, 4) is 0 Å². The SMILES string of the molecule is Cc1ccc(Br)cc1S(=O)(=O)NCCC1CCN(C)CC1. The average molecular weight is 375 g/mol. The zero-order valence-corrected chi connectivity index (χ0v) is 15.0. The molecular formula is C15H23BrN2O2S. The summed E-state index contributed by atoms with van der Waals surface area (Å²) in [6, 6.07) is 5.33. The number of sulfonamides is 1. The predicted octanol–water partition coefficient (Wildman–Crippen LogP) is 2.77. The molecule has 4 nitrogen and oxygen atoms in total. The van der Waals surface area contributed by atoms with Gasteiger partial charge in [-0.15, -0.1) is 0 Å². The first-order valence-electron chi connectivity index (χ1n) is 7.33. The standard InChI is InChI=1S/C15H23BrN2O2S/c1-12-3-4-14(16)11-15(12)21(19,20)17-8-5-13-6-9-18(2)10-7-13/h3-4,11,13,17H,5-10H2,1-2H3. The second kappa shape index (κ2) is 7.22. The monoisotopic (exact) mass is 374 g/mol. The van der Waals surface area contributed by atoms with Crippen molar-refractivity contribution in [3.05, 3.63) is 28.2 Å². The van der Waals surface area contributed by atoms with Gasteiger partial charge in [-0.05, 0) is 69.9 Å². The number of hydrogen-bond acceptors (Lipinski definition) is 3. The quantitative estimate of drug-likeness (QED) is 0.861. The van der Waals surface area contributed by atoms with Crippen molar-refractivity contribution in [2.24, 2.45) is 5.92 Å². The van der Waals surface area contributed by atoms with Crippen molar-refractivity contribution in [1.82, 2.24) is 9.62 Å². The van der Waals surface area contributed by atoms with Crippen LogP contribution in [0, 0.1) is 12.8 Å². The number of halogens is 1. The maximum Gasteiger partial charge on any atom is 0.240 e. The lowest BCUT2D eigenvalue weighted by molar-refractivity contribution is 0.213. The summed E-state index contributed by atoms with van der Waals surface area (Å²) in [5.74, 6) is 0.632. The van der Waals surface area contributed by atoms with Gasteiger partial charge in [0.1, 0.15) is 0 Å². The molecule has 1 fully saturated rings. The zero-order valence-electron chi connectivity index (χ0n) is 12.6. The van der Waals surface area contributed by atoms with Crippen LogP contribution in [0.4, 0.5) is 0 Å². The molecular weight excluding hydrogens is 352 g/mol. The van der Waals surface area contributed by atoms with Gasteiger partial charge in [-0.2, -0.15) is 0 Å². The molecule has 1 saturated heterocycles. The third-order valence-corrected chi connectivity index (χ3v) is 6.22. The third kappa shape index (κ3) is 4.77. The molecule has 0 saturated carbocycles. The minimum atomic E-state index is -3.42. The first kappa shape index (κ1) is 16.9. The Hall–Kier alpha value is -0.430. The Morgan fingerprint density at radius 1 is 1.33 bits per heavy atom. The lowest BCUT2D eigenvalue weighted by Gasteiger charge is -2.28. The van der Waals surface area contributed by atoms with E-state index in [0.717, 1.165) is 42.4 Å². The Morgan fingerprint density at radius 2 is 2.00 bits per heavy atom. The first-order chi connectivity index (χ1) is 9.88. The summed E-state index contributed by atoms with van der Waals surface area (Å²) in [7, 11) is -1.28. The number of aryl methyl sites for hydroxylation is 1. The van der Waals surface area contributed by atoms with E-state index in [1.54, 1.807) is 6.07 Å². The van der Waals surface area contributed by atoms with E-state index in [0.29, 0.717) is 17.4 Å². The molecule has 6 heteroatoms. The van der Waals surface area contributed by atoms with Crippen molar-refractivity contribution >= 4 is 26.0 Å². The van der Waals surface area contributed by atoms with Crippen molar-refractivity contribution < 1.29 is 8.42 Å². The van der Waals surface area contributed by atoms with Gasteiger partial charge >= 0.3 is 0 Å². The second-order valence-corrected chi connectivity index (χ2v) is 8.49. The van der Waals surface area contributed by atoms with Gasteiger partial charge in [0, 0.05) is 11.0 Å². The summed E-state index contributed by atoms with van der Waals surface area (Å²) in [5, 5.41) is 0. The smallest absolute Gasteiger partial charge is 0.240 e. The minimum absolute atomic E-state index is 0.361. The number of rotatable bonds is 5. The summed E-state index contributed by atoms with van der Waals surface area (Å²) in [4.78, 5) is 2.69. The van der Waals surface area contributed by atoms with Crippen LogP contribution in [0.15, 0.2) is 27.6 Å². The maximum atomic E-state index is 12.4. The normalized spacial score (nSPS) is 18.0. The van der Waals surface area contributed by atoms with Crippen LogP contribution >= 0.6 is 15.9 Å². The van der Waals surface area contributed by atoms with Gasteiger partial charge in [-0.25, -0.2) is 13.1 Å². The van der Waals surface area contributed by atoms with Gasteiger partial charge in [-0.3, -0.25) is 0 Å². The summed E-state index contributed by atoms with van der Waals surface area (Å²) < 4.78 is 28.2. The van der Waals surface area contributed by atoms with Crippen molar-refractivity contribution in [2.75, 3.05) is 26.7 Å². The molecule has 1 aromatic carbocycles. The molecule has 1 aromatic rings. The maximum absolute atomic E-state index is 12.4. The van der Waals surface area contributed by atoms with Crippen LogP contribution in [0.1, 0.15) is 24.8 Å². The van der Waals surface area contributed by atoms with Crippen LogP contribution in [0.25, 0.3) is 0 Å². The summed E-state index contributed by atoms with van der Waals surface area (Å²) in [6.45, 7) is 4.56. The van der Waals surface area contributed by atoms with Crippen LogP contribution in [-0.4, -0.2) is 40.0 Å². The van der Waals surface area contributed by atoms with Gasteiger partial charge < -0.3 is 4.90 Å². The molecule has 0 bridgehead atoms. The van der Waals surface area contributed by atoms with Gasteiger partial charge in [0.05, 0.1) is 4.90 Å². The van der Waals surface area contributed by atoms with E-state index in [1.165, 1.54) is 0 Å². The van der Waals surface area contributed by atoms with Crippen LogP contribution in [0.3, 0.4) is 0 Å². The molecule has 1 aliphatic rings. The Labute approximate surface area is 136 Å². The highest BCUT2D eigenvalue weighted by Crippen LogP contribution is 2.22. The molecule has 21 heavy (non-hydrogen) atoms. The van der Waals surface area contributed by atoms with Crippen molar-refractivity contribution in [3.63, 3.8) is 0 Å². The molecule has 0 radical (unpaired) electrons. The fraction of sp³-hybridized carbons (Fsp3) is 0.600. The Balaban J connectivity index is 1.91. The highest BCUT2D eigenvalue weighted by molar-refractivity contribution is 9.10. The van der Waals surface area contributed by atoms with E-state index >= 15 is 0 Å².